The zero-order valence-corrected chi connectivity index (χ0v) is 14.4. The lowest BCUT2D eigenvalue weighted by atomic mass is 10.1. The zero-order chi connectivity index (χ0) is 20.3. The number of amides is 3. The van der Waals surface area contributed by atoms with E-state index in [0.717, 1.165) is 23.1 Å². The summed E-state index contributed by atoms with van der Waals surface area (Å²) in [6, 6.07) is 6.18. The number of rotatable bonds is 3. The molecule has 1 saturated heterocycles. The molecule has 0 radical (unpaired) electrons. The van der Waals surface area contributed by atoms with Gasteiger partial charge in [-0.1, -0.05) is 6.92 Å². The van der Waals surface area contributed by atoms with Crippen LogP contribution >= 0.6 is 0 Å². The van der Waals surface area contributed by atoms with E-state index < -0.39 is 35.5 Å². The van der Waals surface area contributed by atoms with Gasteiger partial charge in [0.15, 0.2) is 0 Å². The Hall–Kier alpha value is -3.17. The molecule has 2 aromatic rings. The van der Waals surface area contributed by atoms with Crippen molar-refractivity contribution in [2.75, 3.05) is 9.80 Å². The number of pyridine rings is 1. The fraction of sp³-hybridized carbons (Fsp3) is 0.278. The maximum atomic E-state index is 13.6. The molecule has 1 aliphatic carbocycles. The van der Waals surface area contributed by atoms with Gasteiger partial charge in [0, 0.05) is 12.3 Å². The quantitative estimate of drug-likeness (QED) is 0.450. The molecule has 2 unspecified atom stereocenters. The predicted molar refractivity (Wildman–Crippen MR) is 89.2 cm³/mol. The Morgan fingerprint density at radius 1 is 1.14 bits per heavy atom. The molecule has 0 bridgehead atoms. The summed E-state index contributed by atoms with van der Waals surface area (Å²) in [4.78, 5) is 31.6. The van der Waals surface area contributed by atoms with Crippen molar-refractivity contribution in [2.24, 2.45) is 5.92 Å². The number of hydrogen-bond donors (Lipinski definition) is 0. The Balaban J connectivity index is 1.69. The molecule has 28 heavy (non-hydrogen) atoms. The molecule has 4 rings (SSSR count). The Labute approximate surface area is 156 Å². The summed E-state index contributed by atoms with van der Waals surface area (Å²) in [5.74, 6) is -1.93. The van der Waals surface area contributed by atoms with Gasteiger partial charge in [-0.2, -0.15) is 4.39 Å². The second-order valence-corrected chi connectivity index (χ2v) is 6.67. The molecule has 2 aliphatic rings. The van der Waals surface area contributed by atoms with Gasteiger partial charge in [0.05, 0.1) is 11.4 Å². The van der Waals surface area contributed by atoms with Gasteiger partial charge in [0.25, 0.3) is 5.91 Å². The number of urea groups is 1. The molecule has 2 fully saturated rings. The molecule has 1 aliphatic heterocycles. The van der Waals surface area contributed by atoms with E-state index in [-0.39, 0.29) is 17.3 Å². The Bertz CT molecular complexity index is 963. The van der Waals surface area contributed by atoms with Gasteiger partial charge in [-0.25, -0.2) is 14.7 Å². The van der Waals surface area contributed by atoms with E-state index in [9.17, 15) is 27.2 Å². The molecule has 1 aromatic carbocycles. The highest BCUT2D eigenvalue weighted by Crippen LogP contribution is 2.55. The van der Waals surface area contributed by atoms with E-state index in [1.165, 1.54) is 29.3 Å². The third kappa shape index (κ3) is 2.76. The monoisotopic (exact) mass is 395 g/mol. The number of imide groups is 1. The van der Waals surface area contributed by atoms with Crippen LogP contribution in [0, 0.1) is 11.9 Å². The SMILES string of the molecule is CC1CC12C(=O)N(c1ccc(OC(F)(F)F)cc1)C(=O)N2c1ccnc(F)c1. The Morgan fingerprint density at radius 2 is 1.79 bits per heavy atom. The van der Waals surface area contributed by atoms with Crippen LogP contribution in [0.15, 0.2) is 42.6 Å². The lowest BCUT2D eigenvalue weighted by molar-refractivity contribution is -0.274. The largest absolute Gasteiger partial charge is 0.573 e. The smallest absolute Gasteiger partial charge is 0.406 e. The summed E-state index contributed by atoms with van der Waals surface area (Å²) in [5.41, 5.74) is -0.846. The van der Waals surface area contributed by atoms with E-state index in [1.54, 1.807) is 6.92 Å². The van der Waals surface area contributed by atoms with Crippen molar-refractivity contribution in [2.45, 2.75) is 25.2 Å². The number of benzene rings is 1. The number of carbonyl (C=O) groups excluding carboxylic acids is 2. The van der Waals surface area contributed by atoms with Crippen molar-refractivity contribution in [3.63, 3.8) is 0 Å². The maximum absolute atomic E-state index is 13.6. The van der Waals surface area contributed by atoms with Crippen LogP contribution in [0.25, 0.3) is 0 Å². The fourth-order valence-corrected chi connectivity index (χ4v) is 3.56. The van der Waals surface area contributed by atoms with Gasteiger partial charge in [-0.05, 0) is 42.7 Å². The Kier molecular flexibility index (Phi) is 3.84. The highest BCUT2D eigenvalue weighted by Gasteiger charge is 2.70. The standard InChI is InChI=1S/C18H13F4N3O3/c1-10-9-17(10)15(26)24(11-2-4-13(5-3-11)28-18(20,21)22)16(27)25(17)12-6-7-23-14(19)8-12/h2-8,10H,9H2,1H3. The lowest BCUT2D eigenvalue weighted by Gasteiger charge is -2.22. The number of alkyl halides is 3. The van der Waals surface area contributed by atoms with Gasteiger partial charge in [0.1, 0.15) is 11.3 Å². The highest BCUT2D eigenvalue weighted by molar-refractivity contribution is 6.31. The van der Waals surface area contributed by atoms with Crippen molar-refractivity contribution in [1.29, 1.82) is 0 Å². The molecule has 1 spiro atoms. The molecule has 1 saturated carbocycles. The van der Waals surface area contributed by atoms with Crippen LogP contribution in [0.4, 0.5) is 33.7 Å². The van der Waals surface area contributed by atoms with Crippen molar-refractivity contribution in [1.82, 2.24) is 4.98 Å². The van der Waals surface area contributed by atoms with Crippen LogP contribution in [-0.2, 0) is 4.79 Å². The lowest BCUT2D eigenvalue weighted by Crippen LogP contribution is -2.39. The van der Waals surface area contributed by atoms with Crippen molar-refractivity contribution in [3.05, 3.63) is 48.5 Å². The third-order valence-electron chi connectivity index (χ3n) is 4.92. The average Bonchev–Trinajstić information content (AvgIpc) is 3.21. The first-order chi connectivity index (χ1) is 13.1. The highest BCUT2D eigenvalue weighted by atomic mass is 19.4. The second-order valence-electron chi connectivity index (χ2n) is 6.67. The number of ether oxygens (including phenoxy) is 1. The molecular weight excluding hydrogens is 382 g/mol. The van der Waals surface area contributed by atoms with Gasteiger partial charge in [0.2, 0.25) is 5.95 Å². The summed E-state index contributed by atoms with van der Waals surface area (Å²) in [7, 11) is 0. The van der Waals surface area contributed by atoms with E-state index in [4.69, 9.17) is 0 Å². The third-order valence-corrected chi connectivity index (χ3v) is 4.92. The summed E-state index contributed by atoms with van der Waals surface area (Å²) in [6.07, 6.45) is -3.26. The van der Waals surface area contributed by atoms with Crippen LogP contribution in [0.1, 0.15) is 13.3 Å². The minimum Gasteiger partial charge on any atom is -0.406 e. The number of halogens is 4. The molecule has 2 heterocycles. The predicted octanol–water partition coefficient (Wildman–Crippen LogP) is 3.87. The van der Waals surface area contributed by atoms with Gasteiger partial charge in [-0.15, -0.1) is 13.2 Å². The number of hydrogen-bond acceptors (Lipinski definition) is 4. The number of anilines is 2. The summed E-state index contributed by atoms with van der Waals surface area (Å²) in [6.45, 7) is 1.79. The first kappa shape index (κ1) is 18.2. The van der Waals surface area contributed by atoms with E-state index in [0.29, 0.717) is 6.42 Å². The Morgan fingerprint density at radius 3 is 2.32 bits per heavy atom. The van der Waals surface area contributed by atoms with Crippen molar-refractivity contribution >= 4 is 23.3 Å². The second kappa shape index (κ2) is 5.91. The molecule has 10 heteroatoms. The summed E-state index contributed by atoms with van der Waals surface area (Å²) < 4.78 is 54.3. The minimum absolute atomic E-state index is 0.0972. The van der Waals surface area contributed by atoms with Crippen LogP contribution in [0.2, 0.25) is 0 Å². The van der Waals surface area contributed by atoms with Crippen LogP contribution in [0.3, 0.4) is 0 Å². The topological polar surface area (TPSA) is 62.7 Å². The molecule has 0 N–H and O–H groups in total. The van der Waals surface area contributed by atoms with E-state index >= 15 is 0 Å². The van der Waals surface area contributed by atoms with Crippen molar-refractivity contribution in [3.8, 4) is 5.75 Å². The first-order valence-electron chi connectivity index (χ1n) is 8.29. The molecule has 1 aromatic heterocycles. The zero-order valence-electron chi connectivity index (χ0n) is 14.4. The summed E-state index contributed by atoms with van der Waals surface area (Å²) in [5, 5.41) is 0. The van der Waals surface area contributed by atoms with E-state index in [2.05, 4.69) is 9.72 Å². The van der Waals surface area contributed by atoms with Gasteiger partial charge in [-0.3, -0.25) is 9.69 Å². The number of aromatic nitrogens is 1. The summed E-state index contributed by atoms with van der Waals surface area (Å²) >= 11 is 0. The normalized spacial score (nSPS) is 24.2. The number of nitrogens with zero attached hydrogens (tertiary/aromatic N) is 3. The van der Waals surface area contributed by atoms with Crippen LogP contribution in [0.5, 0.6) is 5.75 Å². The molecule has 2 atom stereocenters. The van der Waals surface area contributed by atoms with Gasteiger partial charge >= 0.3 is 12.4 Å². The molecular formula is C18H13F4N3O3. The maximum Gasteiger partial charge on any atom is 0.573 e. The first-order valence-corrected chi connectivity index (χ1v) is 8.29. The molecule has 6 nitrogen and oxygen atoms in total. The van der Waals surface area contributed by atoms with Crippen LogP contribution < -0.4 is 14.5 Å². The number of carbonyl (C=O) groups is 2. The molecule has 146 valence electrons. The minimum atomic E-state index is -4.85. The molecule has 3 amide bonds. The van der Waals surface area contributed by atoms with Crippen molar-refractivity contribution < 1.29 is 31.9 Å². The average molecular weight is 395 g/mol. The van der Waals surface area contributed by atoms with Crippen LogP contribution in [-0.4, -0.2) is 28.8 Å². The fourth-order valence-electron chi connectivity index (χ4n) is 3.56. The van der Waals surface area contributed by atoms with E-state index in [1.807, 2.05) is 0 Å². The van der Waals surface area contributed by atoms with Gasteiger partial charge < -0.3 is 4.74 Å².